The zero-order valence-corrected chi connectivity index (χ0v) is 12.9. The van der Waals surface area contributed by atoms with Crippen LogP contribution >= 0.6 is 0 Å². The van der Waals surface area contributed by atoms with Crippen molar-refractivity contribution >= 4 is 12.0 Å². The molecule has 6 heteroatoms. The second-order valence-corrected chi connectivity index (χ2v) is 6.08. The van der Waals surface area contributed by atoms with Crippen molar-refractivity contribution in [2.24, 2.45) is 17.3 Å². The van der Waals surface area contributed by atoms with E-state index >= 15 is 0 Å². The maximum atomic E-state index is 12.4. The van der Waals surface area contributed by atoms with Gasteiger partial charge in [-0.15, -0.1) is 0 Å². The normalized spacial score (nSPS) is 14.9. The molecular weight excluding hydrogens is 248 g/mol. The summed E-state index contributed by atoms with van der Waals surface area (Å²) in [5.41, 5.74) is -0.388. The highest BCUT2D eigenvalue weighted by Crippen LogP contribution is 2.33. The predicted molar refractivity (Wildman–Crippen MR) is 72.5 cm³/mol. The Morgan fingerprint density at radius 2 is 1.74 bits per heavy atom. The topological polar surface area (TPSA) is 78.9 Å². The number of carbonyl (C=O) groups is 2. The summed E-state index contributed by atoms with van der Waals surface area (Å²) in [7, 11) is 2.94. The van der Waals surface area contributed by atoms with Crippen LogP contribution in [0.25, 0.3) is 0 Å². The van der Waals surface area contributed by atoms with Crippen LogP contribution in [-0.2, 0) is 9.63 Å². The molecule has 0 spiro atoms. The fraction of sp³-hybridized carbons (Fsp3) is 0.846. The van der Waals surface area contributed by atoms with E-state index in [0.29, 0.717) is 0 Å². The van der Waals surface area contributed by atoms with Crippen LogP contribution in [0.1, 0.15) is 34.6 Å². The van der Waals surface area contributed by atoms with Gasteiger partial charge < -0.3 is 10.4 Å². The summed E-state index contributed by atoms with van der Waals surface area (Å²) < 4.78 is 0. The maximum absolute atomic E-state index is 12.4. The molecule has 0 aliphatic rings. The number of nitrogens with one attached hydrogen (secondary N) is 1. The summed E-state index contributed by atoms with van der Waals surface area (Å²) in [6.07, 6.45) is -1.12. The molecule has 2 atom stereocenters. The van der Waals surface area contributed by atoms with Crippen LogP contribution < -0.4 is 5.32 Å². The smallest absolute Gasteiger partial charge is 0.404 e. The predicted octanol–water partition coefficient (Wildman–Crippen LogP) is 1.96. The zero-order chi connectivity index (χ0) is 15.4. The molecule has 0 aliphatic carbocycles. The van der Waals surface area contributed by atoms with Crippen molar-refractivity contribution in [2.45, 2.75) is 40.7 Å². The van der Waals surface area contributed by atoms with Crippen LogP contribution in [0.5, 0.6) is 0 Å². The molecule has 0 heterocycles. The van der Waals surface area contributed by atoms with E-state index in [1.165, 1.54) is 14.2 Å². The summed E-state index contributed by atoms with van der Waals surface area (Å²) >= 11 is 0. The lowest BCUT2D eigenvalue weighted by Crippen LogP contribution is -2.54. The Morgan fingerprint density at radius 1 is 1.26 bits per heavy atom. The first kappa shape index (κ1) is 17.7. The van der Waals surface area contributed by atoms with E-state index in [-0.39, 0.29) is 17.2 Å². The molecule has 0 saturated heterocycles. The number of nitrogens with zero attached hydrogens (tertiary/aromatic N) is 1. The third kappa shape index (κ3) is 5.06. The van der Waals surface area contributed by atoms with Crippen molar-refractivity contribution in [1.82, 2.24) is 10.4 Å². The van der Waals surface area contributed by atoms with Gasteiger partial charge in [0.05, 0.1) is 13.0 Å². The van der Waals surface area contributed by atoms with Gasteiger partial charge in [-0.05, 0) is 11.3 Å². The highest BCUT2D eigenvalue weighted by Gasteiger charge is 2.41. The summed E-state index contributed by atoms with van der Waals surface area (Å²) in [5.74, 6) is -0.745. The van der Waals surface area contributed by atoms with Gasteiger partial charge in [0.2, 0.25) is 0 Å². The Labute approximate surface area is 115 Å². The number of carbonyl (C=O) groups excluding carboxylic acids is 1. The fourth-order valence-corrected chi connectivity index (χ4v) is 2.13. The molecule has 0 aliphatic heterocycles. The van der Waals surface area contributed by atoms with E-state index in [0.717, 1.165) is 5.06 Å². The molecule has 2 amide bonds. The van der Waals surface area contributed by atoms with Crippen molar-refractivity contribution in [2.75, 3.05) is 14.2 Å². The Hall–Kier alpha value is -1.30. The fourth-order valence-electron chi connectivity index (χ4n) is 2.13. The SMILES string of the molecule is CON(C)C(=O)C(C(NC(=O)O)C(C)C)C(C)(C)C. The van der Waals surface area contributed by atoms with Crippen LogP contribution in [0.15, 0.2) is 0 Å². The van der Waals surface area contributed by atoms with Crippen molar-refractivity contribution in [3.63, 3.8) is 0 Å². The molecule has 0 fully saturated rings. The summed E-state index contributed by atoms with van der Waals surface area (Å²) in [6.45, 7) is 9.52. The molecule has 0 saturated carbocycles. The monoisotopic (exact) mass is 274 g/mol. The quantitative estimate of drug-likeness (QED) is 0.751. The molecule has 0 bridgehead atoms. The second kappa shape index (κ2) is 6.75. The number of rotatable bonds is 5. The number of hydroxylamine groups is 2. The summed E-state index contributed by atoms with van der Waals surface area (Å²) in [6, 6.07) is -0.470. The van der Waals surface area contributed by atoms with Gasteiger partial charge in [-0.25, -0.2) is 9.86 Å². The van der Waals surface area contributed by atoms with Gasteiger partial charge in [0.1, 0.15) is 0 Å². The largest absolute Gasteiger partial charge is 0.465 e. The molecule has 0 radical (unpaired) electrons. The average Bonchev–Trinajstić information content (AvgIpc) is 2.24. The van der Waals surface area contributed by atoms with Crippen LogP contribution in [-0.4, -0.2) is 42.4 Å². The Kier molecular flexibility index (Phi) is 6.29. The summed E-state index contributed by atoms with van der Waals surface area (Å²) in [4.78, 5) is 28.3. The van der Waals surface area contributed by atoms with E-state index in [1.54, 1.807) is 0 Å². The van der Waals surface area contributed by atoms with E-state index in [2.05, 4.69) is 5.32 Å². The van der Waals surface area contributed by atoms with Gasteiger partial charge in [-0.3, -0.25) is 9.63 Å². The molecular formula is C13H26N2O4. The molecule has 2 N–H and O–H groups in total. The van der Waals surface area contributed by atoms with E-state index in [1.807, 2.05) is 34.6 Å². The molecule has 19 heavy (non-hydrogen) atoms. The van der Waals surface area contributed by atoms with Crippen LogP contribution in [0.4, 0.5) is 4.79 Å². The summed E-state index contributed by atoms with van der Waals surface area (Å²) in [5, 5.41) is 12.6. The van der Waals surface area contributed by atoms with Crippen LogP contribution in [0.3, 0.4) is 0 Å². The number of amides is 2. The van der Waals surface area contributed by atoms with E-state index in [4.69, 9.17) is 9.94 Å². The first-order valence-electron chi connectivity index (χ1n) is 6.33. The lowest BCUT2D eigenvalue weighted by molar-refractivity contribution is -0.178. The highest BCUT2D eigenvalue weighted by atomic mass is 16.7. The van der Waals surface area contributed by atoms with Crippen molar-refractivity contribution in [3.05, 3.63) is 0 Å². The lowest BCUT2D eigenvalue weighted by Gasteiger charge is -2.39. The van der Waals surface area contributed by atoms with Gasteiger partial charge in [-0.1, -0.05) is 34.6 Å². The van der Waals surface area contributed by atoms with Crippen LogP contribution in [0, 0.1) is 17.3 Å². The van der Waals surface area contributed by atoms with Gasteiger partial charge in [-0.2, -0.15) is 0 Å². The molecule has 0 rings (SSSR count). The van der Waals surface area contributed by atoms with E-state index < -0.39 is 18.1 Å². The van der Waals surface area contributed by atoms with Crippen molar-refractivity contribution in [3.8, 4) is 0 Å². The number of hydrogen-bond donors (Lipinski definition) is 2. The minimum absolute atomic E-state index is 0.00506. The Balaban J connectivity index is 5.43. The minimum Gasteiger partial charge on any atom is -0.465 e. The molecule has 0 aromatic carbocycles. The van der Waals surface area contributed by atoms with E-state index in [9.17, 15) is 9.59 Å². The standard InChI is InChI=1S/C13H26N2O4/c1-8(2)10(14-12(17)18)9(13(3,4)5)11(16)15(6)19-7/h8-10,14H,1-7H3,(H,17,18). The van der Waals surface area contributed by atoms with Gasteiger partial charge >= 0.3 is 6.09 Å². The van der Waals surface area contributed by atoms with Gasteiger partial charge in [0, 0.05) is 13.1 Å². The van der Waals surface area contributed by atoms with Crippen LogP contribution in [0.2, 0.25) is 0 Å². The first-order chi connectivity index (χ1) is 8.52. The highest BCUT2D eigenvalue weighted by molar-refractivity contribution is 5.80. The lowest BCUT2D eigenvalue weighted by atomic mass is 9.72. The molecule has 0 aromatic heterocycles. The molecule has 0 aromatic rings. The Morgan fingerprint density at radius 3 is 2.00 bits per heavy atom. The van der Waals surface area contributed by atoms with Gasteiger partial charge in [0.25, 0.3) is 5.91 Å². The minimum atomic E-state index is -1.12. The Bertz CT molecular complexity index is 323. The van der Waals surface area contributed by atoms with Gasteiger partial charge in [0.15, 0.2) is 0 Å². The third-order valence-electron chi connectivity index (χ3n) is 3.15. The second-order valence-electron chi connectivity index (χ2n) is 6.08. The molecule has 112 valence electrons. The average molecular weight is 274 g/mol. The van der Waals surface area contributed by atoms with Crippen molar-refractivity contribution in [1.29, 1.82) is 0 Å². The maximum Gasteiger partial charge on any atom is 0.404 e. The zero-order valence-electron chi connectivity index (χ0n) is 12.9. The number of hydrogen-bond acceptors (Lipinski definition) is 3. The van der Waals surface area contributed by atoms with Crippen molar-refractivity contribution < 1.29 is 19.5 Å². The number of carboxylic acid groups (broad SMARTS) is 1. The molecule has 6 nitrogen and oxygen atoms in total. The molecule has 2 unspecified atom stereocenters. The third-order valence-corrected chi connectivity index (χ3v) is 3.15. The first-order valence-corrected chi connectivity index (χ1v) is 6.33.